The summed E-state index contributed by atoms with van der Waals surface area (Å²) in [7, 11) is 3.18. The number of rotatable bonds is 6. The van der Waals surface area contributed by atoms with Gasteiger partial charge in [-0.15, -0.1) is 0 Å². The van der Waals surface area contributed by atoms with Gasteiger partial charge in [-0.05, 0) is 30.2 Å². The number of hydrogen-bond acceptors (Lipinski definition) is 4. The predicted molar refractivity (Wildman–Crippen MR) is 71.9 cm³/mol. The van der Waals surface area contributed by atoms with Crippen molar-refractivity contribution < 1.29 is 14.6 Å². The molecule has 0 heterocycles. The molecule has 0 saturated carbocycles. The number of ether oxygens (including phenoxy) is 2. The maximum absolute atomic E-state index is 10.4. The summed E-state index contributed by atoms with van der Waals surface area (Å²) in [6.07, 6.45) is -0.612. The van der Waals surface area contributed by atoms with E-state index < -0.39 is 6.10 Å². The van der Waals surface area contributed by atoms with E-state index in [9.17, 15) is 5.11 Å². The van der Waals surface area contributed by atoms with Gasteiger partial charge in [0.05, 0.1) is 20.3 Å². The van der Waals surface area contributed by atoms with Gasteiger partial charge in [0.15, 0.2) is 0 Å². The van der Waals surface area contributed by atoms with E-state index in [2.05, 4.69) is 13.8 Å². The Kier molecular flexibility index (Phi) is 5.44. The summed E-state index contributed by atoms with van der Waals surface area (Å²) in [6.45, 7) is 4.55. The minimum atomic E-state index is -0.612. The molecule has 18 heavy (non-hydrogen) atoms. The number of nitrogens with two attached hydrogens (primary N) is 1. The summed E-state index contributed by atoms with van der Waals surface area (Å²) in [4.78, 5) is 0. The normalized spacial score (nSPS) is 14.4. The third-order valence-electron chi connectivity index (χ3n) is 3.25. The molecule has 0 aliphatic carbocycles. The third kappa shape index (κ3) is 3.37. The van der Waals surface area contributed by atoms with E-state index >= 15 is 0 Å². The van der Waals surface area contributed by atoms with Gasteiger partial charge in [-0.2, -0.15) is 0 Å². The largest absolute Gasteiger partial charge is 0.497 e. The lowest BCUT2D eigenvalue weighted by Crippen LogP contribution is -2.26. The molecule has 2 atom stereocenters. The van der Waals surface area contributed by atoms with Gasteiger partial charge in [-0.25, -0.2) is 0 Å². The smallest absolute Gasteiger partial charge is 0.122 e. The van der Waals surface area contributed by atoms with Crippen LogP contribution in [0, 0.1) is 11.8 Å². The Morgan fingerprint density at radius 1 is 1.11 bits per heavy atom. The third-order valence-corrected chi connectivity index (χ3v) is 3.25. The fraction of sp³-hybridized carbons (Fsp3) is 0.571. The Bertz CT molecular complexity index is 357. The SMILES string of the molecule is COc1cc(OC)cc(C(O)C(CN)C(C)C)c1. The first-order valence-electron chi connectivity index (χ1n) is 6.14. The summed E-state index contributed by atoms with van der Waals surface area (Å²) in [5, 5.41) is 10.4. The minimum Gasteiger partial charge on any atom is -0.497 e. The molecule has 1 aromatic carbocycles. The van der Waals surface area contributed by atoms with Crippen LogP contribution in [0.1, 0.15) is 25.5 Å². The lowest BCUT2D eigenvalue weighted by Gasteiger charge is -2.25. The molecule has 0 fully saturated rings. The monoisotopic (exact) mass is 253 g/mol. The highest BCUT2D eigenvalue weighted by molar-refractivity contribution is 5.39. The molecule has 0 saturated heterocycles. The molecule has 0 spiro atoms. The van der Waals surface area contributed by atoms with Crippen LogP contribution in [-0.4, -0.2) is 25.9 Å². The Morgan fingerprint density at radius 2 is 1.61 bits per heavy atom. The van der Waals surface area contributed by atoms with Crippen molar-refractivity contribution in [3.8, 4) is 11.5 Å². The summed E-state index contributed by atoms with van der Waals surface area (Å²) >= 11 is 0. The van der Waals surface area contributed by atoms with Gasteiger partial charge >= 0.3 is 0 Å². The molecule has 1 rings (SSSR count). The second-order valence-electron chi connectivity index (χ2n) is 4.73. The molecule has 0 aromatic heterocycles. The van der Waals surface area contributed by atoms with Gasteiger partial charge in [0.1, 0.15) is 11.5 Å². The fourth-order valence-corrected chi connectivity index (χ4v) is 2.01. The van der Waals surface area contributed by atoms with Crippen LogP contribution in [0.25, 0.3) is 0 Å². The average molecular weight is 253 g/mol. The Balaban J connectivity index is 3.06. The number of methoxy groups -OCH3 is 2. The number of aliphatic hydroxyl groups excluding tert-OH is 1. The van der Waals surface area contributed by atoms with E-state index in [-0.39, 0.29) is 5.92 Å². The lowest BCUT2D eigenvalue weighted by atomic mass is 9.86. The quantitative estimate of drug-likeness (QED) is 0.813. The first-order chi connectivity index (χ1) is 8.53. The molecule has 0 amide bonds. The zero-order valence-corrected chi connectivity index (χ0v) is 11.5. The van der Waals surface area contributed by atoms with Crippen LogP contribution in [-0.2, 0) is 0 Å². The molecular weight excluding hydrogens is 230 g/mol. The van der Waals surface area contributed by atoms with Gasteiger partial charge in [0.2, 0.25) is 0 Å². The van der Waals surface area contributed by atoms with Crippen molar-refractivity contribution in [3.05, 3.63) is 23.8 Å². The van der Waals surface area contributed by atoms with Crippen LogP contribution in [0.3, 0.4) is 0 Å². The number of benzene rings is 1. The topological polar surface area (TPSA) is 64.7 Å². The average Bonchev–Trinajstić information content (AvgIpc) is 2.38. The van der Waals surface area contributed by atoms with Crippen LogP contribution < -0.4 is 15.2 Å². The van der Waals surface area contributed by atoms with Crippen molar-refractivity contribution >= 4 is 0 Å². The summed E-state index contributed by atoms with van der Waals surface area (Å²) in [5.74, 6) is 1.66. The summed E-state index contributed by atoms with van der Waals surface area (Å²) in [6, 6.07) is 5.42. The first kappa shape index (κ1) is 14.8. The van der Waals surface area contributed by atoms with Crippen LogP contribution >= 0.6 is 0 Å². The van der Waals surface area contributed by atoms with Crippen molar-refractivity contribution in [3.63, 3.8) is 0 Å². The molecule has 3 N–H and O–H groups in total. The highest BCUT2D eigenvalue weighted by Gasteiger charge is 2.23. The van der Waals surface area contributed by atoms with Gasteiger partial charge in [0, 0.05) is 12.0 Å². The Labute approximate surface area is 109 Å². The zero-order valence-electron chi connectivity index (χ0n) is 11.5. The second kappa shape index (κ2) is 6.61. The van der Waals surface area contributed by atoms with Crippen LogP contribution in [0.5, 0.6) is 11.5 Å². The molecule has 4 heteroatoms. The Hall–Kier alpha value is -1.26. The lowest BCUT2D eigenvalue weighted by molar-refractivity contribution is 0.0856. The van der Waals surface area contributed by atoms with E-state index in [1.54, 1.807) is 20.3 Å². The van der Waals surface area contributed by atoms with Gasteiger partial charge < -0.3 is 20.3 Å². The van der Waals surface area contributed by atoms with Crippen molar-refractivity contribution in [1.29, 1.82) is 0 Å². The highest BCUT2D eigenvalue weighted by atomic mass is 16.5. The Morgan fingerprint density at radius 3 is 1.94 bits per heavy atom. The van der Waals surface area contributed by atoms with E-state index in [1.807, 2.05) is 12.1 Å². The summed E-state index contributed by atoms with van der Waals surface area (Å²) < 4.78 is 10.4. The summed E-state index contributed by atoms with van der Waals surface area (Å²) in [5.41, 5.74) is 6.50. The van der Waals surface area contributed by atoms with Crippen molar-refractivity contribution in [2.24, 2.45) is 17.6 Å². The predicted octanol–water partition coefficient (Wildman–Crippen LogP) is 1.97. The molecular formula is C14H23NO3. The fourth-order valence-electron chi connectivity index (χ4n) is 2.01. The molecule has 4 nitrogen and oxygen atoms in total. The number of aliphatic hydroxyl groups is 1. The molecule has 0 radical (unpaired) electrons. The molecule has 0 aliphatic heterocycles. The maximum atomic E-state index is 10.4. The molecule has 102 valence electrons. The molecule has 1 aromatic rings. The van der Waals surface area contributed by atoms with Crippen molar-refractivity contribution in [2.45, 2.75) is 20.0 Å². The van der Waals surface area contributed by atoms with E-state index in [0.29, 0.717) is 24.0 Å². The van der Waals surface area contributed by atoms with Crippen LogP contribution in [0.15, 0.2) is 18.2 Å². The van der Waals surface area contributed by atoms with Gasteiger partial charge in [-0.1, -0.05) is 13.8 Å². The molecule has 2 unspecified atom stereocenters. The van der Waals surface area contributed by atoms with E-state index in [1.165, 1.54) is 0 Å². The van der Waals surface area contributed by atoms with E-state index in [4.69, 9.17) is 15.2 Å². The van der Waals surface area contributed by atoms with Crippen LogP contribution in [0.4, 0.5) is 0 Å². The molecule has 0 aliphatic rings. The van der Waals surface area contributed by atoms with E-state index in [0.717, 1.165) is 5.56 Å². The minimum absolute atomic E-state index is 0.0156. The van der Waals surface area contributed by atoms with Crippen LogP contribution in [0.2, 0.25) is 0 Å². The van der Waals surface area contributed by atoms with Gasteiger partial charge in [0.25, 0.3) is 0 Å². The molecule has 0 bridgehead atoms. The highest BCUT2D eigenvalue weighted by Crippen LogP contribution is 2.32. The van der Waals surface area contributed by atoms with Gasteiger partial charge in [-0.3, -0.25) is 0 Å². The second-order valence-corrected chi connectivity index (χ2v) is 4.73. The maximum Gasteiger partial charge on any atom is 0.122 e. The van der Waals surface area contributed by atoms with Crippen molar-refractivity contribution in [2.75, 3.05) is 20.8 Å². The number of hydrogen-bond donors (Lipinski definition) is 2. The standard InChI is InChI=1S/C14H23NO3/c1-9(2)13(8-15)14(16)10-5-11(17-3)7-12(6-10)18-4/h5-7,9,13-14,16H,8,15H2,1-4H3. The first-order valence-corrected chi connectivity index (χ1v) is 6.14. The zero-order chi connectivity index (χ0) is 13.7. The van der Waals surface area contributed by atoms with Crippen molar-refractivity contribution in [1.82, 2.24) is 0 Å².